The van der Waals surface area contributed by atoms with Gasteiger partial charge in [-0.25, -0.2) is 9.00 Å². The van der Waals surface area contributed by atoms with Gasteiger partial charge in [-0.05, 0) is 80.3 Å². The van der Waals surface area contributed by atoms with Gasteiger partial charge in [-0.2, -0.15) is 4.40 Å². The highest BCUT2D eigenvalue weighted by Gasteiger charge is 2.42. The molecule has 2 atom stereocenters. The minimum Gasteiger partial charge on any atom is -0.467 e. The molecule has 0 spiro atoms. The third-order valence-electron chi connectivity index (χ3n) is 6.48. The molecule has 0 aliphatic carbocycles. The van der Waals surface area contributed by atoms with Gasteiger partial charge < -0.3 is 19.1 Å². The molecule has 1 heterocycles. The van der Waals surface area contributed by atoms with E-state index in [1.807, 2.05) is 55.4 Å². The first-order chi connectivity index (χ1) is 18.1. The van der Waals surface area contributed by atoms with Crippen LogP contribution in [0.25, 0.3) is 0 Å². The van der Waals surface area contributed by atoms with Crippen molar-refractivity contribution in [2.45, 2.75) is 110 Å². The van der Waals surface area contributed by atoms with Gasteiger partial charge in [-0.1, -0.05) is 42.8 Å². The Morgan fingerprint density at radius 3 is 2.25 bits per heavy atom. The standard InChI is InChI=1S/C29H48Cl2N2O5SSi/c1-27(2,3)38-26(34)33-13-12-20(18-29(33,7)8)25(32-39(35)28(4,5)6)21-16-22(30)23(31)17-24(21)37-19-36-14-15-40(9,10)11/h16-17,20H,12-15,18-19H2,1-11H3/b32-25+. The first-order valence-corrected chi connectivity index (χ1v) is 19.4. The zero-order valence-electron chi connectivity index (χ0n) is 26.1. The molecule has 2 unspecified atom stereocenters. The molecule has 1 saturated heterocycles. The molecule has 40 heavy (non-hydrogen) atoms. The molecule has 0 N–H and O–H groups in total. The highest BCUT2D eigenvalue weighted by molar-refractivity contribution is 7.85. The van der Waals surface area contributed by atoms with Crippen LogP contribution in [0.3, 0.4) is 0 Å². The van der Waals surface area contributed by atoms with Crippen LogP contribution >= 0.6 is 23.2 Å². The molecule has 0 bridgehead atoms. The van der Waals surface area contributed by atoms with Gasteiger partial charge in [-0.15, -0.1) is 0 Å². The van der Waals surface area contributed by atoms with Gasteiger partial charge in [0.25, 0.3) is 0 Å². The van der Waals surface area contributed by atoms with Gasteiger partial charge in [-0.3, -0.25) is 0 Å². The lowest BCUT2D eigenvalue weighted by Gasteiger charge is -2.46. The molecule has 0 saturated carbocycles. The maximum Gasteiger partial charge on any atom is 0.410 e. The monoisotopic (exact) mass is 634 g/mol. The Bertz CT molecular complexity index is 1110. The Morgan fingerprint density at radius 1 is 1.12 bits per heavy atom. The number of nitrogens with zero attached hydrogens (tertiary/aromatic N) is 2. The Balaban J connectivity index is 2.46. The number of ether oxygens (including phenoxy) is 3. The van der Waals surface area contributed by atoms with Gasteiger partial charge in [0.2, 0.25) is 0 Å². The van der Waals surface area contributed by atoms with E-state index in [1.165, 1.54) is 0 Å². The fraction of sp³-hybridized carbons (Fsp3) is 0.724. The number of halogens is 2. The molecule has 0 radical (unpaired) electrons. The molecular formula is C29H48Cl2N2O5SSi. The summed E-state index contributed by atoms with van der Waals surface area (Å²) in [6, 6.07) is 4.41. The smallest absolute Gasteiger partial charge is 0.410 e. The van der Waals surface area contributed by atoms with E-state index in [9.17, 15) is 9.00 Å². The summed E-state index contributed by atoms with van der Waals surface area (Å²) < 4.78 is 35.1. The molecule has 1 aromatic rings. The van der Waals surface area contributed by atoms with Crippen LogP contribution in [-0.2, 0) is 20.5 Å². The van der Waals surface area contributed by atoms with Gasteiger partial charge >= 0.3 is 6.09 Å². The summed E-state index contributed by atoms with van der Waals surface area (Å²) in [4.78, 5) is 14.8. The minimum absolute atomic E-state index is 0.0493. The average Bonchev–Trinajstić information content (AvgIpc) is 2.75. The summed E-state index contributed by atoms with van der Waals surface area (Å²) in [5, 5.41) is 0.697. The topological polar surface area (TPSA) is 77.4 Å². The number of likely N-dealkylation sites (tertiary alicyclic amines) is 1. The molecule has 1 aliphatic rings. The van der Waals surface area contributed by atoms with E-state index in [-0.39, 0.29) is 18.8 Å². The van der Waals surface area contributed by atoms with Crippen molar-refractivity contribution in [1.29, 1.82) is 0 Å². The van der Waals surface area contributed by atoms with Crippen molar-refractivity contribution in [3.8, 4) is 5.75 Å². The predicted molar refractivity (Wildman–Crippen MR) is 170 cm³/mol. The van der Waals surface area contributed by atoms with E-state index in [0.29, 0.717) is 53.1 Å². The fourth-order valence-electron chi connectivity index (χ4n) is 4.25. The Labute approximate surface area is 254 Å². The Morgan fingerprint density at radius 2 is 1.73 bits per heavy atom. The van der Waals surface area contributed by atoms with E-state index < -0.39 is 34.9 Å². The molecule has 1 aromatic carbocycles. The van der Waals surface area contributed by atoms with Crippen LogP contribution < -0.4 is 4.74 Å². The quantitative estimate of drug-likeness (QED) is 0.118. The molecule has 1 amide bonds. The normalized spacial score (nSPS) is 19.4. The van der Waals surface area contributed by atoms with Gasteiger partial charge in [0, 0.05) is 44.3 Å². The zero-order valence-corrected chi connectivity index (χ0v) is 29.4. The molecule has 1 aliphatic heterocycles. The van der Waals surface area contributed by atoms with E-state index in [1.54, 1.807) is 17.0 Å². The van der Waals surface area contributed by atoms with Crippen molar-refractivity contribution >= 4 is 54.1 Å². The highest BCUT2D eigenvalue weighted by Crippen LogP contribution is 2.39. The number of carbonyl (C=O) groups is 1. The number of hydrogen-bond acceptors (Lipinski definition) is 5. The maximum absolute atomic E-state index is 13.4. The number of hydrogen-bond donors (Lipinski definition) is 0. The second-order valence-electron chi connectivity index (χ2n) is 14.2. The molecule has 2 rings (SSSR count). The van der Waals surface area contributed by atoms with Gasteiger partial charge in [0.15, 0.2) is 6.79 Å². The van der Waals surface area contributed by atoms with Crippen molar-refractivity contribution in [2.24, 2.45) is 10.3 Å². The van der Waals surface area contributed by atoms with Crippen LogP contribution in [0, 0.1) is 5.92 Å². The second-order valence-corrected chi connectivity index (χ2v) is 22.6. The number of rotatable bonds is 9. The largest absolute Gasteiger partial charge is 0.467 e. The SMILES string of the molecule is CC(C)(C)OC(=O)N1CCC(/C(=N\S(=O)C(C)(C)C)c2cc(Cl)c(Cl)cc2OCOCC[Si](C)(C)C)CC1(C)C. The number of benzene rings is 1. The summed E-state index contributed by atoms with van der Waals surface area (Å²) in [5.74, 6) is 0.354. The zero-order chi connectivity index (χ0) is 30.7. The van der Waals surface area contributed by atoms with Gasteiger partial charge in [0.1, 0.15) is 22.3 Å². The highest BCUT2D eigenvalue weighted by atomic mass is 35.5. The molecule has 11 heteroatoms. The third-order valence-corrected chi connectivity index (χ3v) is 10.3. The van der Waals surface area contributed by atoms with Crippen LogP contribution in [0.1, 0.15) is 73.8 Å². The molecule has 0 aromatic heterocycles. The van der Waals surface area contributed by atoms with E-state index >= 15 is 0 Å². The summed E-state index contributed by atoms with van der Waals surface area (Å²) in [7, 11) is -2.78. The maximum atomic E-state index is 13.4. The average molecular weight is 636 g/mol. The first kappa shape index (κ1) is 35.1. The number of amides is 1. The Hall–Kier alpha value is -1.13. The first-order valence-electron chi connectivity index (χ1n) is 13.8. The predicted octanol–water partition coefficient (Wildman–Crippen LogP) is 8.36. The lowest BCUT2D eigenvalue weighted by molar-refractivity contribution is -0.0102. The molecule has 1 fully saturated rings. The van der Waals surface area contributed by atoms with Crippen LogP contribution in [0.2, 0.25) is 35.7 Å². The summed E-state index contributed by atoms with van der Waals surface area (Å²) in [6.07, 6.45) is 0.843. The van der Waals surface area contributed by atoms with E-state index in [2.05, 4.69) is 19.6 Å². The van der Waals surface area contributed by atoms with Crippen molar-refractivity contribution < 1.29 is 23.2 Å². The molecule has 228 valence electrons. The molecule has 7 nitrogen and oxygen atoms in total. The van der Waals surface area contributed by atoms with Crippen LogP contribution in [0.4, 0.5) is 4.79 Å². The fourth-order valence-corrected chi connectivity index (χ4v) is 6.03. The summed E-state index contributed by atoms with van der Waals surface area (Å²) in [5.41, 5.74) is 0.129. The van der Waals surface area contributed by atoms with Crippen LogP contribution in [0.15, 0.2) is 16.5 Å². The summed E-state index contributed by atoms with van der Waals surface area (Å²) >= 11 is 12.9. The lowest BCUT2D eigenvalue weighted by atomic mass is 9.78. The minimum atomic E-state index is -1.54. The number of carbonyl (C=O) groups excluding carboxylic acids is 1. The lowest BCUT2D eigenvalue weighted by Crippen LogP contribution is -2.55. The second kappa shape index (κ2) is 13.4. The van der Waals surface area contributed by atoms with Crippen molar-refractivity contribution in [3.05, 3.63) is 27.7 Å². The third kappa shape index (κ3) is 10.6. The van der Waals surface area contributed by atoms with Crippen molar-refractivity contribution in [3.63, 3.8) is 0 Å². The van der Waals surface area contributed by atoms with E-state index in [0.717, 1.165) is 6.04 Å². The van der Waals surface area contributed by atoms with E-state index in [4.69, 9.17) is 41.8 Å². The number of piperidine rings is 1. The Kier molecular flexibility index (Phi) is 11.8. The summed E-state index contributed by atoms with van der Waals surface area (Å²) in [6.45, 7) is 23.3. The van der Waals surface area contributed by atoms with Crippen molar-refractivity contribution in [1.82, 2.24) is 4.90 Å². The van der Waals surface area contributed by atoms with Gasteiger partial charge in [0.05, 0.1) is 20.5 Å². The van der Waals surface area contributed by atoms with Crippen LogP contribution in [0.5, 0.6) is 5.75 Å². The molecular weight excluding hydrogens is 587 g/mol. The van der Waals surface area contributed by atoms with Crippen LogP contribution in [-0.4, -0.2) is 64.8 Å². The van der Waals surface area contributed by atoms with Crippen molar-refractivity contribution in [2.75, 3.05) is 19.9 Å².